The van der Waals surface area contributed by atoms with Gasteiger partial charge in [-0.2, -0.15) is 0 Å². The molecule has 1 aromatic heterocycles. The van der Waals surface area contributed by atoms with Crippen molar-refractivity contribution in [1.29, 1.82) is 0 Å². The topological polar surface area (TPSA) is 91.4 Å². The van der Waals surface area contributed by atoms with Gasteiger partial charge in [-0.05, 0) is 31.1 Å². The minimum atomic E-state index is -0.471. The summed E-state index contributed by atoms with van der Waals surface area (Å²) in [5.41, 5.74) is -0.779. The van der Waals surface area contributed by atoms with Gasteiger partial charge in [-0.1, -0.05) is 32.1 Å². The van der Waals surface area contributed by atoms with E-state index in [1.165, 1.54) is 11.3 Å². The molecule has 3 rings (SSSR count). The van der Waals surface area contributed by atoms with Crippen molar-refractivity contribution in [2.75, 3.05) is 26.0 Å². The molecule has 0 spiro atoms. The van der Waals surface area contributed by atoms with E-state index in [9.17, 15) is 14.4 Å². The zero-order chi connectivity index (χ0) is 21.6. The van der Waals surface area contributed by atoms with Gasteiger partial charge in [-0.3, -0.25) is 14.4 Å². The Balaban J connectivity index is 1.60. The van der Waals surface area contributed by atoms with Crippen LogP contribution >= 0.6 is 11.3 Å². The van der Waals surface area contributed by atoms with E-state index in [-0.39, 0.29) is 23.1 Å². The minimum absolute atomic E-state index is 0.0446. The van der Waals surface area contributed by atoms with Crippen LogP contribution in [-0.4, -0.2) is 48.2 Å². The molecule has 0 unspecified atom stereocenters. The van der Waals surface area contributed by atoms with Crippen molar-refractivity contribution in [3.63, 3.8) is 0 Å². The van der Waals surface area contributed by atoms with E-state index in [4.69, 9.17) is 0 Å². The van der Waals surface area contributed by atoms with E-state index in [1.807, 2.05) is 5.38 Å². The van der Waals surface area contributed by atoms with Crippen LogP contribution in [0.4, 0.5) is 5.13 Å². The van der Waals surface area contributed by atoms with Crippen LogP contribution < -0.4 is 10.6 Å². The molecule has 0 aromatic carbocycles. The molecule has 166 valence electrons. The molecule has 0 atom stereocenters. The Morgan fingerprint density at radius 2 is 1.63 bits per heavy atom. The summed E-state index contributed by atoms with van der Waals surface area (Å²) in [6, 6.07) is 0. The monoisotopic (exact) mass is 434 g/mol. The van der Waals surface area contributed by atoms with Crippen molar-refractivity contribution in [1.82, 2.24) is 15.2 Å². The van der Waals surface area contributed by atoms with Gasteiger partial charge in [0.05, 0.1) is 5.41 Å². The number of anilines is 1. The minimum Gasteiger partial charge on any atom is -0.355 e. The zero-order valence-electron chi connectivity index (χ0n) is 18.2. The van der Waals surface area contributed by atoms with Crippen molar-refractivity contribution in [3.05, 3.63) is 11.6 Å². The van der Waals surface area contributed by atoms with Gasteiger partial charge in [-0.25, -0.2) is 4.98 Å². The van der Waals surface area contributed by atoms with Crippen molar-refractivity contribution >= 4 is 34.2 Å². The smallest absolute Gasteiger partial charge is 0.230 e. The molecule has 2 aliphatic rings. The second-order valence-electron chi connectivity index (χ2n) is 9.26. The fraction of sp³-hybridized carbons (Fsp3) is 0.727. The molecule has 2 fully saturated rings. The summed E-state index contributed by atoms with van der Waals surface area (Å²) in [6.45, 7) is 0.393. The Labute approximate surface area is 183 Å². The highest BCUT2D eigenvalue weighted by Crippen LogP contribution is 2.43. The predicted molar refractivity (Wildman–Crippen MR) is 118 cm³/mol. The van der Waals surface area contributed by atoms with Crippen molar-refractivity contribution in [2.45, 2.75) is 70.6 Å². The molecule has 1 heterocycles. The summed E-state index contributed by atoms with van der Waals surface area (Å²) in [7, 11) is 3.56. The number of carbonyl (C=O) groups is 3. The molecule has 0 saturated heterocycles. The molecule has 8 heteroatoms. The first-order valence-corrected chi connectivity index (χ1v) is 11.9. The molecule has 0 aliphatic heterocycles. The Kier molecular flexibility index (Phi) is 7.50. The Morgan fingerprint density at radius 3 is 2.23 bits per heavy atom. The molecule has 2 aliphatic carbocycles. The fourth-order valence-electron chi connectivity index (χ4n) is 5.17. The van der Waals surface area contributed by atoms with Gasteiger partial charge < -0.3 is 15.5 Å². The highest BCUT2D eigenvalue weighted by atomic mass is 32.1. The largest absolute Gasteiger partial charge is 0.355 e. The summed E-state index contributed by atoms with van der Waals surface area (Å²) in [6.07, 6.45) is 11.0. The first-order chi connectivity index (χ1) is 14.3. The van der Waals surface area contributed by atoms with Crippen LogP contribution in [0.1, 0.15) is 70.6 Å². The van der Waals surface area contributed by atoms with E-state index >= 15 is 0 Å². The highest BCUT2D eigenvalue weighted by molar-refractivity contribution is 7.13. The number of carbonyl (C=O) groups excluding carboxylic acids is 3. The van der Waals surface area contributed by atoms with Gasteiger partial charge in [0.2, 0.25) is 17.7 Å². The summed E-state index contributed by atoms with van der Waals surface area (Å²) in [4.78, 5) is 44.1. The Hall–Kier alpha value is -1.96. The number of nitrogens with zero attached hydrogens (tertiary/aromatic N) is 2. The molecule has 7 nitrogen and oxygen atoms in total. The summed E-state index contributed by atoms with van der Waals surface area (Å²) >= 11 is 1.39. The quantitative estimate of drug-likeness (QED) is 0.654. The third kappa shape index (κ3) is 5.59. The predicted octanol–water partition coefficient (Wildman–Crippen LogP) is 3.58. The lowest BCUT2D eigenvalue weighted by Crippen LogP contribution is -2.47. The molecule has 0 radical (unpaired) electrons. The number of aromatic nitrogens is 1. The molecule has 30 heavy (non-hydrogen) atoms. The maximum atomic E-state index is 12.9. The number of amides is 3. The molecule has 2 N–H and O–H groups in total. The molecule has 3 amide bonds. The lowest BCUT2D eigenvalue weighted by molar-refractivity contribution is -0.139. The third-order valence-corrected chi connectivity index (χ3v) is 7.40. The van der Waals surface area contributed by atoms with E-state index < -0.39 is 5.41 Å². The Bertz CT molecular complexity index is 736. The Morgan fingerprint density at radius 1 is 1.00 bits per heavy atom. The zero-order valence-corrected chi connectivity index (χ0v) is 19.0. The number of hydrogen-bond acceptors (Lipinski definition) is 5. The molecule has 0 bridgehead atoms. The van der Waals surface area contributed by atoms with Crippen LogP contribution in [0, 0.1) is 10.8 Å². The van der Waals surface area contributed by atoms with Crippen LogP contribution in [-0.2, 0) is 14.4 Å². The number of nitrogens with one attached hydrogen (secondary N) is 2. The summed E-state index contributed by atoms with van der Waals surface area (Å²) in [5.74, 6) is -0.0121. The van der Waals surface area contributed by atoms with E-state index in [0.717, 1.165) is 57.8 Å². The van der Waals surface area contributed by atoms with Crippen molar-refractivity contribution < 1.29 is 14.4 Å². The van der Waals surface area contributed by atoms with Crippen LogP contribution in [0.25, 0.3) is 0 Å². The van der Waals surface area contributed by atoms with Gasteiger partial charge in [0.15, 0.2) is 5.13 Å². The van der Waals surface area contributed by atoms with E-state index in [2.05, 4.69) is 15.6 Å². The third-order valence-electron chi connectivity index (χ3n) is 6.71. The summed E-state index contributed by atoms with van der Waals surface area (Å²) in [5, 5.41) is 8.35. The molecule has 2 saturated carbocycles. The van der Waals surface area contributed by atoms with Crippen LogP contribution in [0.2, 0.25) is 0 Å². The van der Waals surface area contributed by atoms with Gasteiger partial charge in [-0.15, -0.1) is 11.3 Å². The van der Waals surface area contributed by atoms with Crippen molar-refractivity contribution in [3.8, 4) is 0 Å². The number of hydrogen-bond donors (Lipinski definition) is 2. The second kappa shape index (κ2) is 9.90. The van der Waals surface area contributed by atoms with Crippen molar-refractivity contribution in [2.24, 2.45) is 10.8 Å². The molecule has 1 aromatic rings. The first kappa shape index (κ1) is 22.7. The number of rotatable bonds is 8. The molecular weight excluding hydrogens is 400 g/mol. The van der Waals surface area contributed by atoms with Gasteiger partial charge in [0, 0.05) is 45.1 Å². The molecular formula is C22H34N4O3S. The summed E-state index contributed by atoms with van der Waals surface area (Å²) < 4.78 is 0. The average molecular weight is 435 g/mol. The maximum Gasteiger partial charge on any atom is 0.230 e. The maximum absolute atomic E-state index is 12.9. The number of thiazole rings is 1. The standard InChI is InChI=1S/C22H34N4O3S/c1-26(2)19(29)22(10-6-7-11-22)16-24-17(27)14-21(8-4-3-5-9-21)15-18(28)25-20-23-12-13-30-20/h12-13H,3-11,14-16H2,1-2H3,(H,24,27)(H,23,25,28). The second-order valence-corrected chi connectivity index (χ2v) is 10.2. The fourth-order valence-corrected chi connectivity index (χ4v) is 5.72. The van der Waals surface area contributed by atoms with Gasteiger partial charge in [0.1, 0.15) is 0 Å². The lowest BCUT2D eigenvalue weighted by Gasteiger charge is -2.37. The SMILES string of the molecule is CN(C)C(=O)C1(CNC(=O)CC2(CC(=O)Nc3nccs3)CCCCC2)CCCC1. The van der Waals surface area contributed by atoms with Crippen LogP contribution in [0.3, 0.4) is 0 Å². The normalized spacial score (nSPS) is 19.8. The van der Waals surface area contributed by atoms with E-state index in [0.29, 0.717) is 24.5 Å². The highest BCUT2D eigenvalue weighted by Gasteiger charge is 2.43. The van der Waals surface area contributed by atoms with Crippen LogP contribution in [0.5, 0.6) is 0 Å². The van der Waals surface area contributed by atoms with Crippen LogP contribution in [0.15, 0.2) is 11.6 Å². The first-order valence-electron chi connectivity index (χ1n) is 11.0. The van der Waals surface area contributed by atoms with Gasteiger partial charge in [0.25, 0.3) is 0 Å². The average Bonchev–Trinajstić information content (AvgIpc) is 3.39. The lowest BCUT2D eigenvalue weighted by atomic mass is 9.69. The van der Waals surface area contributed by atoms with Gasteiger partial charge >= 0.3 is 0 Å². The van der Waals surface area contributed by atoms with E-state index in [1.54, 1.807) is 25.2 Å².